The first-order chi connectivity index (χ1) is 11.5. The van der Waals surface area contributed by atoms with Crippen molar-refractivity contribution in [1.82, 2.24) is 5.16 Å². The molecule has 4 bridgehead atoms. The van der Waals surface area contributed by atoms with Gasteiger partial charge in [0, 0.05) is 6.07 Å². The van der Waals surface area contributed by atoms with E-state index in [4.69, 9.17) is 4.52 Å². The molecule has 132 valence electrons. The summed E-state index contributed by atoms with van der Waals surface area (Å²) in [6.07, 6.45) is 10.2. The maximum absolute atomic E-state index is 12.3. The average Bonchev–Trinajstić information content (AvgIpc) is 2.90. The number of hydrogen-bond acceptors (Lipinski definition) is 4. The summed E-state index contributed by atoms with van der Waals surface area (Å²) in [6, 6.07) is 1.75. The molecule has 0 aromatic carbocycles. The summed E-state index contributed by atoms with van der Waals surface area (Å²) in [5.41, 5.74) is 0.612. The minimum absolute atomic E-state index is 0.0267. The minimum atomic E-state index is -0.0454. The van der Waals surface area contributed by atoms with Crippen molar-refractivity contribution in [1.29, 1.82) is 0 Å². The van der Waals surface area contributed by atoms with Gasteiger partial charge in [-0.05, 0) is 87.7 Å². The molecular formula is C19H28N2O2S. The molecule has 0 spiro atoms. The fraction of sp³-hybridized carbons (Fsp3) is 0.789. The summed E-state index contributed by atoms with van der Waals surface area (Å²) in [4.78, 5) is 12.3. The molecule has 1 heterocycles. The van der Waals surface area contributed by atoms with E-state index >= 15 is 0 Å². The van der Waals surface area contributed by atoms with Crippen LogP contribution in [0.5, 0.6) is 0 Å². The fourth-order valence-electron chi connectivity index (χ4n) is 5.78. The number of anilines is 1. The topological polar surface area (TPSA) is 55.1 Å². The Morgan fingerprint density at radius 3 is 2.50 bits per heavy atom. The predicted molar refractivity (Wildman–Crippen MR) is 97.0 cm³/mol. The highest BCUT2D eigenvalue weighted by atomic mass is 32.2. The van der Waals surface area contributed by atoms with E-state index in [0.717, 1.165) is 23.5 Å². The molecule has 1 N–H and O–H groups in total. The highest BCUT2D eigenvalue weighted by Crippen LogP contribution is 2.61. The third-order valence-corrected chi connectivity index (χ3v) is 7.57. The number of aryl methyl sites for hydroxylation is 1. The number of amides is 1. The monoisotopic (exact) mass is 348 g/mol. The van der Waals surface area contributed by atoms with Crippen molar-refractivity contribution in [3.63, 3.8) is 0 Å². The van der Waals surface area contributed by atoms with Crippen molar-refractivity contribution in [3.05, 3.63) is 11.8 Å². The molecule has 4 nitrogen and oxygen atoms in total. The molecule has 1 atom stereocenters. The van der Waals surface area contributed by atoms with E-state index in [1.165, 1.54) is 44.9 Å². The quantitative estimate of drug-likeness (QED) is 0.813. The smallest absolute Gasteiger partial charge is 0.238 e. The van der Waals surface area contributed by atoms with Gasteiger partial charge in [-0.3, -0.25) is 4.79 Å². The summed E-state index contributed by atoms with van der Waals surface area (Å²) in [7, 11) is 0. The average molecular weight is 349 g/mol. The molecule has 0 radical (unpaired) electrons. The van der Waals surface area contributed by atoms with E-state index in [1.807, 2.05) is 13.8 Å². The SMILES string of the molecule is Cc1cc(NC(=O)[C@@H](C)SCCC23CC4CC(CC(C4)C2)C3)no1. The van der Waals surface area contributed by atoms with E-state index in [2.05, 4.69) is 10.5 Å². The number of nitrogens with one attached hydrogen (secondary N) is 1. The van der Waals surface area contributed by atoms with Gasteiger partial charge in [0.05, 0.1) is 5.25 Å². The molecule has 0 unspecified atom stereocenters. The fourth-order valence-corrected chi connectivity index (χ4v) is 6.89. The van der Waals surface area contributed by atoms with Crippen LogP contribution < -0.4 is 5.32 Å². The van der Waals surface area contributed by atoms with Crippen LogP contribution >= 0.6 is 11.8 Å². The zero-order valence-corrected chi connectivity index (χ0v) is 15.5. The highest BCUT2D eigenvalue weighted by molar-refractivity contribution is 8.00. The highest BCUT2D eigenvalue weighted by Gasteiger charge is 2.50. The Labute approximate surface area is 148 Å². The second-order valence-electron chi connectivity index (χ2n) is 8.49. The molecule has 5 heteroatoms. The lowest BCUT2D eigenvalue weighted by Crippen LogP contribution is -2.46. The molecule has 1 aromatic heterocycles. The van der Waals surface area contributed by atoms with Crippen LogP contribution in [0.3, 0.4) is 0 Å². The maximum Gasteiger partial charge on any atom is 0.238 e. The van der Waals surface area contributed by atoms with Crippen molar-refractivity contribution >= 4 is 23.5 Å². The van der Waals surface area contributed by atoms with Crippen LogP contribution in [-0.2, 0) is 4.79 Å². The number of carbonyl (C=O) groups excluding carboxylic acids is 1. The van der Waals surface area contributed by atoms with Crippen LogP contribution in [0.25, 0.3) is 0 Å². The van der Waals surface area contributed by atoms with E-state index in [-0.39, 0.29) is 11.2 Å². The summed E-state index contributed by atoms with van der Waals surface area (Å²) in [6.45, 7) is 3.82. The lowest BCUT2D eigenvalue weighted by Gasteiger charge is -2.57. The third kappa shape index (κ3) is 3.37. The summed E-state index contributed by atoms with van der Waals surface area (Å²) in [5.74, 6) is 5.39. The molecule has 1 amide bonds. The van der Waals surface area contributed by atoms with Crippen molar-refractivity contribution in [3.8, 4) is 0 Å². The lowest BCUT2D eigenvalue weighted by atomic mass is 9.49. The first kappa shape index (κ1) is 16.5. The van der Waals surface area contributed by atoms with Gasteiger partial charge >= 0.3 is 0 Å². The van der Waals surface area contributed by atoms with Crippen molar-refractivity contribution in [2.24, 2.45) is 23.2 Å². The zero-order valence-electron chi connectivity index (χ0n) is 14.7. The Morgan fingerprint density at radius 2 is 1.96 bits per heavy atom. The molecular weight excluding hydrogens is 320 g/mol. The Kier molecular flexibility index (Phi) is 4.40. The van der Waals surface area contributed by atoms with Gasteiger partial charge in [0.2, 0.25) is 5.91 Å². The van der Waals surface area contributed by atoms with Gasteiger partial charge in [-0.1, -0.05) is 5.16 Å². The van der Waals surface area contributed by atoms with E-state index < -0.39 is 0 Å². The van der Waals surface area contributed by atoms with Gasteiger partial charge in [-0.15, -0.1) is 11.8 Å². The summed E-state index contributed by atoms with van der Waals surface area (Å²) in [5, 5.41) is 6.63. The molecule has 0 aliphatic heterocycles. The van der Waals surface area contributed by atoms with Crippen LogP contribution in [0.15, 0.2) is 10.6 Å². The van der Waals surface area contributed by atoms with Crippen LogP contribution in [0.1, 0.15) is 57.6 Å². The lowest BCUT2D eigenvalue weighted by molar-refractivity contribution is -0.115. The van der Waals surface area contributed by atoms with Gasteiger partial charge in [-0.2, -0.15) is 0 Å². The number of hydrogen-bond donors (Lipinski definition) is 1. The number of carbonyl (C=O) groups is 1. The summed E-state index contributed by atoms with van der Waals surface area (Å²) < 4.78 is 4.99. The van der Waals surface area contributed by atoms with E-state index in [1.54, 1.807) is 17.8 Å². The normalized spacial score (nSPS) is 35.2. The summed E-state index contributed by atoms with van der Waals surface area (Å²) >= 11 is 1.79. The zero-order chi connectivity index (χ0) is 16.7. The minimum Gasteiger partial charge on any atom is -0.360 e. The third-order valence-electron chi connectivity index (χ3n) is 6.41. The standard InChI is InChI=1S/C19H28N2O2S/c1-12-5-17(21-23-12)20-18(22)13(2)24-4-3-19-9-14-6-15(10-19)8-16(7-14)11-19/h5,13-16H,3-4,6-11H2,1-2H3,(H,20,21,22)/t13-,14?,15?,16?,19?/m1/s1. The second kappa shape index (κ2) is 6.40. The number of rotatable bonds is 6. The molecule has 5 rings (SSSR count). The first-order valence-electron chi connectivity index (χ1n) is 9.37. The first-order valence-corrected chi connectivity index (χ1v) is 10.4. The number of thioether (sulfide) groups is 1. The van der Waals surface area contributed by atoms with Crippen LogP contribution in [-0.4, -0.2) is 22.1 Å². The largest absolute Gasteiger partial charge is 0.360 e. The Balaban J connectivity index is 1.25. The van der Waals surface area contributed by atoms with Crippen molar-refractivity contribution < 1.29 is 9.32 Å². The van der Waals surface area contributed by atoms with Gasteiger partial charge in [0.1, 0.15) is 5.76 Å². The Hall–Kier alpha value is -0.970. The van der Waals surface area contributed by atoms with Crippen LogP contribution in [0, 0.1) is 30.1 Å². The van der Waals surface area contributed by atoms with Crippen LogP contribution in [0.4, 0.5) is 5.82 Å². The molecule has 4 aliphatic carbocycles. The molecule has 4 aliphatic rings. The molecule has 4 fully saturated rings. The second-order valence-corrected chi connectivity index (χ2v) is 9.94. The Bertz CT molecular complexity index is 577. The predicted octanol–water partition coefficient (Wildman–Crippen LogP) is 4.65. The number of aromatic nitrogens is 1. The van der Waals surface area contributed by atoms with Gasteiger partial charge in [0.25, 0.3) is 0 Å². The van der Waals surface area contributed by atoms with Crippen LogP contribution in [0.2, 0.25) is 0 Å². The van der Waals surface area contributed by atoms with Crippen molar-refractivity contribution in [2.75, 3.05) is 11.1 Å². The molecule has 0 saturated heterocycles. The van der Waals surface area contributed by atoms with Gasteiger partial charge in [-0.25, -0.2) is 0 Å². The maximum atomic E-state index is 12.3. The number of nitrogens with zero attached hydrogens (tertiary/aromatic N) is 1. The molecule has 4 saturated carbocycles. The van der Waals surface area contributed by atoms with Gasteiger partial charge in [0.15, 0.2) is 5.82 Å². The Morgan fingerprint density at radius 1 is 1.33 bits per heavy atom. The van der Waals surface area contributed by atoms with E-state index in [0.29, 0.717) is 17.0 Å². The van der Waals surface area contributed by atoms with E-state index in [9.17, 15) is 4.79 Å². The van der Waals surface area contributed by atoms with Gasteiger partial charge < -0.3 is 9.84 Å². The molecule has 24 heavy (non-hydrogen) atoms. The molecule has 1 aromatic rings. The van der Waals surface area contributed by atoms with Crippen molar-refractivity contribution in [2.45, 2.75) is 64.0 Å².